The minimum Gasteiger partial charge on any atom is -0.348 e. The summed E-state index contributed by atoms with van der Waals surface area (Å²) >= 11 is 1.68. The predicted molar refractivity (Wildman–Crippen MR) is 97.1 cm³/mol. The van der Waals surface area contributed by atoms with E-state index in [4.69, 9.17) is 10.7 Å². The van der Waals surface area contributed by atoms with E-state index in [1.54, 1.807) is 11.3 Å². The van der Waals surface area contributed by atoms with Crippen LogP contribution in [0, 0.1) is 5.41 Å². The lowest BCUT2D eigenvalue weighted by Gasteiger charge is -2.25. The largest absolute Gasteiger partial charge is 0.348 e. The number of hydrogen-bond acceptors (Lipinski definition) is 5. The van der Waals surface area contributed by atoms with Crippen molar-refractivity contribution < 1.29 is 4.79 Å². The van der Waals surface area contributed by atoms with Gasteiger partial charge in [-0.15, -0.1) is 0 Å². The number of amides is 1. The van der Waals surface area contributed by atoms with Crippen LogP contribution in [0.3, 0.4) is 0 Å². The number of fused-ring (bicyclic) bond motifs is 1. The van der Waals surface area contributed by atoms with Crippen LogP contribution in [-0.4, -0.2) is 30.0 Å². The molecule has 0 saturated carbocycles. The number of nitrogens with one attached hydrogen (secondary N) is 1. The second kappa shape index (κ2) is 6.09. The van der Waals surface area contributed by atoms with Gasteiger partial charge in [-0.25, -0.2) is 4.98 Å². The molecule has 23 heavy (non-hydrogen) atoms. The van der Waals surface area contributed by atoms with Crippen molar-refractivity contribution in [3.05, 3.63) is 18.2 Å². The first-order valence-corrected chi connectivity index (χ1v) is 8.88. The summed E-state index contributed by atoms with van der Waals surface area (Å²) in [7, 11) is 0. The minimum absolute atomic E-state index is 0.152. The number of hydrogen-bond donors (Lipinski definition) is 2. The van der Waals surface area contributed by atoms with E-state index < -0.39 is 6.04 Å². The molecule has 1 saturated heterocycles. The maximum absolute atomic E-state index is 12.3. The Labute approximate surface area is 140 Å². The molecule has 1 aromatic heterocycles. The first-order chi connectivity index (χ1) is 10.8. The SMILES string of the molecule is CC(C)(C)[C@H](N)C(=O)Nc1ccc2nc(N3CCCC3)sc2c1. The Morgan fingerprint density at radius 3 is 2.70 bits per heavy atom. The van der Waals surface area contributed by atoms with Crippen molar-refractivity contribution in [1.82, 2.24) is 4.98 Å². The van der Waals surface area contributed by atoms with Crippen molar-refractivity contribution in [2.24, 2.45) is 11.1 Å². The highest BCUT2D eigenvalue weighted by Gasteiger charge is 2.27. The average molecular weight is 332 g/mol. The van der Waals surface area contributed by atoms with Crippen LogP contribution in [-0.2, 0) is 4.79 Å². The van der Waals surface area contributed by atoms with Gasteiger partial charge in [-0.2, -0.15) is 0 Å². The molecule has 0 unspecified atom stereocenters. The molecule has 1 atom stereocenters. The summed E-state index contributed by atoms with van der Waals surface area (Å²) in [6.07, 6.45) is 2.48. The molecule has 5 nitrogen and oxygen atoms in total. The Morgan fingerprint density at radius 1 is 1.35 bits per heavy atom. The topological polar surface area (TPSA) is 71.2 Å². The number of nitrogens with zero attached hydrogens (tertiary/aromatic N) is 2. The van der Waals surface area contributed by atoms with Crippen molar-refractivity contribution >= 4 is 38.3 Å². The maximum atomic E-state index is 12.3. The van der Waals surface area contributed by atoms with Crippen molar-refractivity contribution in [3.8, 4) is 0 Å². The zero-order chi connectivity index (χ0) is 16.6. The predicted octanol–water partition coefficient (Wildman–Crippen LogP) is 3.21. The van der Waals surface area contributed by atoms with E-state index in [0.29, 0.717) is 0 Å². The van der Waals surface area contributed by atoms with Crippen molar-refractivity contribution in [2.75, 3.05) is 23.3 Å². The van der Waals surface area contributed by atoms with Gasteiger partial charge < -0.3 is 16.0 Å². The molecule has 3 rings (SSSR count). The maximum Gasteiger partial charge on any atom is 0.241 e. The van der Waals surface area contributed by atoms with Gasteiger partial charge in [0.1, 0.15) is 0 Å². The van der Waals surface area contributed by atoms with E-state index in [2.05, 4.69) is 10.2 Å². The summed E-state index contributed by atoms with van der Waals surface area (Å²) in [5.41, 5.74) is 7.51. The normalized spacial score (nSPS) is 16.8. The first kappa shape index (κ1) is 16.2. The van der Waals surface area contributed by atoms with E-state index in [-0.39, 0.29) is 11.3 Å². The van der Waals surface area contributed by atoms with Crippen LogP contribution in [0.15, 0.2) is 18.2 Å². The molecule has 0 aliphatic carbocycles. The molecule has 0 radical (unpaired) electrons. The van der Waals surface area contributed by atoms with Crippen LogP contribution in [0.25, 0.3) is 10.2 Å². The molecule has 1 aliphatic rings. The fourth-order valence-electron chi connectivity index (χ4n) is 2.65. The van der Waals surface area contributed by atoms with Gasteiger partial charge in [-0.05, 0) is 36.5 Å². The van der Waals surface area contributed by atoms with Crippen LogP contribution >= 0.6 is 11.3 Å². The third-order valence-corrected chi connectivity index (χ3v) is 5.32. The summed E-state index contributed by atoms with van der Waals surface area (Å²) < 4.78 is 1.09. The molecule has 0 spiro atoms. The van der Waals surface area contributed by atoms with E-state index in [1.807, 2.05) is 39.0 Å². The number of rotatable bonds is 3. The van der Waals surface area contributed by atoms with Crippen LogP contribution < -0.4 is 16.0 Å². The minimum atomic E-state index is -0.542. The average Bonchev–Trinajstić information content (AvgIpc) is 3.13. The summed E-state index contributed by atoms with van der Waals surface area (Å²) in [4.78, 5) is 19.3. The summed E-state index contributed by atoms with van der Waals surface area (Å²) in [6, 6.07) is 5.30. The highest BCUT2D eigenvalue weighted by molar-refractivity contribution is 7.22. The van der Waals surface area contributed by atoms with Crippen LogP contribution in [0.4, 0.5) is 10.8 Å². The third kappa shape index (κ3) is 3.48. The van der Waals surface area contributed by atoms with Crippen LogP contribution in [0.2, 0.25) is 0 Å². The van der Waals surface area contributed by atoms with E-state index in [1.165, 1.54) is 12.8 Å². The molecule has 0 bridgehead atoms. The standard InChI is InChI=1S/C17H24N4OS/c1-17(2,3)14(18)15(22)19-11-6-7-12-13(10-11)23-16(20-12)21-8-4-5-9-21/h6-7,10,14H,4-5,8-9,18H2,1-3H3,(H,19,22)/t14-/m1/s1. The number of thiazole rings is 1. The second-order valence-corrected chi connectivity index (χ2v) is 8.22. The Morgan fingerprint density at radius 2 is 2.04 bits per heavy atom. The number of benzene rings is 1. The molecule has 1 amide bonds. The Hall–Kier alpha value is -1.66. The number of aromatic nitrogens is 1. The Bertz CT molecular complexity index is 713. The number of carbonyl (C=O) groups excluding carboxylic acids is 1. The Balaban J connectivity index is 1.78. The fraction of sp³-hybridized carbons (Fsp3) is 0.529. The van der Waals surface area contributed by atoms with Gasteiger partial charge in [-0.1, -0.05) is 32.1 Å². The highest BCUT2D eigenvalue weighted by atomic mass is 32.1. The van der Waals surface area contributed by atoms with Crippen molar-refractivity contribution in [3.63, 3.8) is 0 Å². The zero-order valence-corrected chi connectivity index (χ0v) is 14.7. The zero-order valence-electron chi connectivity index (χ0n) is 13.9. The summed E-state index contributed by atoms with van der Waals surface area (Å²) in [5, 5.41) is 4.00. The number of anilines is 2. The van der Waals surface area contributed by atoms with Gasteiger partial charge in [0, 0.05) is 18.8 Å². The lowest BCUT2D eigenvalue weighted by Crippen LogP contribution is -2.45. The second-order valence-electron chi connectivity index (χ2n) is 7.21. The smallest absolute Gasteiger partial charge is 0.241 e. The fourth-order valence-corrected chi connectivity index (χ4v) is 3.70. The number of nitrogens with two attached hydrogens (primary N) is 1. The molecule has 3 N–H and O–H groups in total. The summed E-state index contributed by atoms with van der Waals surface area (Å²) in [5.74, 6) is -0.152. The number of carbonyl (C=O) groups is 1. The molecule has 124 valence electrons. The van der Waals surface area contributed by atoms with Gasteiger partial charge in [0.2, 0.25) is 5.91 Å². The van der Waals surface area contributed by atoms with E-state index in [0.717, 1.165) is 34.1 Å². The Kier molecular flexibility index (Phi) is 4.29. The van der Waals surface area contributed by atoms with Gasteiger partial charge in [0.15, 0.2) is 5.13 Å². The van der Waals surface area contributed by atoms with Gasteiger partial charge in [0.25, 0.3) is 0 Å². The molecule has 1 aromatic carbocycles. The highest BCUT2D eigenvalue weighted by Crippen LogP contribution is 2.32. The van der Waals surface area contributed by atoms with Gasteiger partial charge in [-0.3, -0.25) is 4.79 Å². The van der Waals surface area contributed by atoms with Crippen molar-refractivity contribution in [2.45, 2.75) is 39.7 Å². The van der Waals surface area contributed by atoms with Gasteiger partial charge in [0.05, 0.1) is 16.3 Å². The summed E-state index contributed by atoms with van der Waals surface area (Å²) in [6.45, 7) is 8.07. The third-order valence-electron chi connectivity index (χ3n) is 4.24. The van der Waals surface area contributed by atoms with Crippen LogP contribution in [0.1, 0.15) is 33.6 Å². The molecular weight excluding hydrogens is 308 g/mol. The lowest BCUT2D eigenvalue weighted by atomic mass is 9.87. The lowest BCUT2D eigenvalue weighted by molar-refractivity contribution is -0.119. The van der Waals surface area contributed by atoms with Gasteiger partial charge >= 0.3 is 0 Å². The molecule has 2 aromatic rings. The molecule has 1 aliphatic heterocycles. The quantitative estimate of drug-likeness (QED) is 0.905. The van der Waals surface area contributed by atoms with E-state index >= 15 is 0 Å². The molecular formula is C17H24N4OS. The molecule has 2 heterocycles. The molecule has 6 heteroatoms. The van der Waals surface area contributed by atoms with Crippen LogP contribution in [0.5, 0.6) is 0 Å². The van der Waals surface area contributed by atoms with E-state index in [9.17, 15) is 4.79 Å². The van der Waals surface area contributed by atoms with Crippen molar-refractivity contribution in [1.29, 1.82) is 0 Å². The first-order valence-electron chi connectivity index (χ1n) is 8.06. The molecule has 1 fully saturated rings. The monoisotopic (exact) mass is 332 g/mol.